The first-order valence-corrected chi connectivity index (χ1v) is 14.3. The second-order valence-electron chi connectivity index (χ2n) is 10.6. The van der Waals surface area contributed by atoms with E-state index < -0.39 is 5.91 Å². The Morgan fingerprint density at radius 2 is 1.43 bits per heavy atom. The lowest BCUT2D eigenvalue weighted by Gasteiger charge is -2.31. The number of primary amides is 1. The molecule has 3 N–H and O–H groups in total. The lowest BCUT2D eigenvalue weighted by molar-refractivity contribution is 0.1000. The third-order valence-electron chi connectivity index (χ3n) is 7.99. The van der Waals surface area contributed by atoms with Crippen molar-refractivity contribution in [3.63, 3.8) is 0 Å². The van der Waals surface area contributed by atoms with Crippen molar-refractivity contribution in [1.29, 1.82) is 0 Å². The number of halogens is 2. The number of nitrogens with one attached hydrogen (secondary N) is 1. The minimum absolute atomic E-state index is 0.0458. The van der Waals surface area contributed by atoms with Gasteiger partial charge in [0.1, 0.15) is 0 Å². The van der Waals surface area contributed by atoms with Gasteiger partial charge in [0.05, 0.1) is 5.52 Å². The van der Waals surface area contributed by atoms with Gasteiger partial charge < -0.3 is 5.73 Å². The van der Waals surface area contributed by atoms with Crippen molar-refractivity contribution >= 4 is 40.0 Å². The normalized spacial score (nSPS) is 14.7. The molecule has 0 saturated carbocycles. The highest BCUT2D eigenvalue weighted by Gasteiger charge is 2.25. The highest BCUT2D eigenvalue weighted by molar-refractivity contribution is 6.30. The number of nitrogens with zero attached hydrogens (tertiary/aromatic N) is 2. The standard InChI is InChI=1S/C33H30Cl2N4O/c34-27-10-5-22(6-11-27)31(23-7-12-28(35)13-8-23)26-9-14-30-29(19-26)32(38-37-30)24-15-17-39(18-16-24)20-21-1-3-25(4-2-21)33(36)40/h1-14,19,24,31H,15-18,20H2,(H2,36,40)(H,37,38). The van der Waals surface area contributed by atoms with Crippen LogP contribution in [0.1, 0.15) is 63.0 Å². The zero-order valence-electron chi connectivity index (χ0n) is 22.0. The number of nitrogens with two attached hydrogens (primary N) is 1. The number of benzene rings is 4. The fourth-order valence-corrected chi connectivity index (χ4v) is 6.09. The summed E-state index contributed by atoms with van der Waals surface area (Å²) in [6.07, 6.45) is 2.11. The molecule has 40 heavy (non-hydrogen) atoms. The fraction of sp³-hybridized carbons (Fsp3) is 0.212. The number of rotatable bonds is 7. The van der Waals surface area contributed by atoms with Gasteiger partial charge in [0, 0.05) is 45.1 Å². The van der Waals surface area contributed by atoms with Crippen LogP contribution in [0.4, 0.5) is 0 Å². The number of carbonyl (C=O) groups is 1. The van der Waals surface area contributed by atoms with Gasteiger partial charge in [-0.1, -0.05) is 65.7 Å². The number of likely N-dealkylation sites (tertiary alicyclic amines) is 1. The number of fused-ring (bicyclic) bond motifs is 1. The first-order chi connectivity index (χ1) is 19.4. The van der Waals surface area contributed by atoms with Crippen molar-refractivity contribution in [2.45, 2.75) is 31.2 Å². The number of carbonyl (C=O) groups excluding carboxylic acids is 1. The molecule has 1 aliphatic heterocycles. The fourth-order valence-electron chi connectivity index (χ4n) is 5.84. The molecule has 0 radical (unpaired) electrons. The summed E-state index contributed by atoms with van der Waals surface area (Å²) < 4.78 is 0. The van der Waals surface area contributed by atoms with Crippen LogP contribution in [0.5, 0.6) is 0 Å². The Morgan fingerprint density at radius 3 is 2.00 bits per heavy atom. The lowest BCUT2D eigenvalue weighted by Crippen LogP contribution is -2.32. The largest absolute Gasteiger partial charge is 0.366 e. The Hall–Kier alpha value is -3.64. The Morgan fingerprint density at radius 1 is 0.850 bits per heavy atom. The van der Waals surface area contributed by atoms with Crippen LogP contribution in [0.3, 0.4) is 0 Å². The van der Waals surface area contributed by atoms with E-state index in [1.54, 1.807) is 12.1 Å². The van der Waals surface area contributed by atoms with Crippen molar-refractivity contribution in [2.75, 3.05) is 13.1 Å². The molecule has 0 spiro atoms. The van der Waals surface area contributed by atoms with Crippen LogP contribution in [0.2, 0.25) is 10.0 Å². The van der Waals surface area contributed by atoms with Gasteiger partial charge in [-0.25, -0.2) is 0 Å². The molecule has 0 aliphatic carbocycles. The summed E-state index contributed by atoms with van der Waals surface area (Å²) in [7, 11) is 0. The van der Waals surface area contributed by atoms with Crippen molar-refractivity contribution in [2.24, 2.45) is 5.73 Å². The average Bonchev–Trinajstić information content (AvgIpc) is 3.39. The van der Waals surface area contributed by atoms with E-state index in [-0.39, 0.29) is 5.92 Å². The van der Waals surface area contributed by atoms with Crippen LogP contribution >= 0.6 is 23.2 Å². The molecule has 0 atom stereocenters. The molecular formula is C33H30Cl2N4O. The quantitative estimate of drug-likeness (QED) is 0.199. The molecule has 1 aromatic heterocycles. The molecule has 2 heterocycles. The van der Waals surface area contributed by atoms with Crippen molar-refractivity contribution in [1.82, 2.24) is 15.1 Å². The Labute approximate surface area is 243 Å². The van der Waals surface area contributed by atoms with Gasteiger partial charge in [0.25, 0.3) is 0 Å². The molecule has 1 saturated heterocycles. The molecule has 7 heteroatoms. The molecule has 5 nitrogen and oxygen atoms in total. The smallest absolute Gasteiger partial charge is 0.248 e. The van der Waals surface area contributed by atoms with E-state index in [9.17, 15) is 4.79 Å². The molecule has 5 aromatic rings. The molecule has 1 amide bonds. The number of amides is 1. The minimum Gasteiger partial charge on any atom is -0.366 e. The van der Waals surface area contributed by atoms with E-state index in [1.165, 1.54) is 33.3 Å². The molecule has 0 bridgehead atoms. The molecular weight excluding hydrogens is 539 g/mol. The lowest BCUT2D eigenvalue weighted by atomic mass is 9.84. The van der Waals surface area contributed by atoms with Crippen molar-refractivity contribution in [3.05, 3.63) is 135 Å². The van der Waals surface area contributed by atoms with Crippen molar-refractivity contribution in [3.8, 4) is 0 Å². The van der Waals surface area contributed by atoms with E-state index in [2.05, 4.69) is 57.6 Å². The maximum Gasteiger partial charge on any atom is 0.248 e. The topological polar surface area (TPSA) is 75.0 Å². The van der Waals surface area contributed by atoms with Crippen molar-refractivity contribution < 1.29 is 4.79 Å². The van der Waals surface area contributed by atoms with Gasteiger partial charge in [0.15, 0.2) is 0 Å². The summed E-state index contributed by atoms with van der Waals surface area (Å²) in [5.41, 5.74) is 12.9. The van der Waals surface area contributed by atoms with Gasteiger partial charge in [-0.15, -0.1) is 0 Å². The monoisotopic (exact) mass is 568 g/mol. The summed E-state index contributed by atoms with van der Waals surface area (Å²) in [5, 5.41) is 10.7. The van der Waals surface area contributed by atoms with E-state index >= 15 is 0 Å². The first-order valence-electron chi connectivity index (χ1n) is 13.5. The number of aromatic nitrogens is 2. The molecule has 4 aromatic carbocycles. The third kappa shape index (κ3) is 5.64. The Balaban J connectivity index is 1.24. The van der Waals surface area contributed by atoms with E-state index in [0.29, 0.717) is 11.5 Å². The summed E-state index contributed by atoms with van der Waals surface area (Å²) in [4.78, 5) is 13.8. The van der Waals surface area contributed by atoms with Gasteiger partial charge in [0.2, 0.25) is 5.91 Å². The second kappa shape index (κ2) is 11.5. The SMILES string of the molecule is NC(=O)c1ccc(CN2CCC(c3[nH]nc4ccc(C(c5ccc(Cl)cc5)c5ccc(Cl)cc5)cc34)CC2)cc1. The Kier molecular flexibility index (Phi) is 7.61. The number of hydrogen-bond donors (Lipinski definition) is 2. The van der Waals surface area contributed by atoms with Gasteiger partial charge in [-0.05, 0) is 96.7 Å². The van der Waals surface area contributed by atoms with E-state index in [4.69, 9.17) is 28.9 Å². The average molecular weight is 570 g/mol. The molecule has 202 valence electrons. The maximum absolute atomic E-state index is 11.4. The van der Waals surface area contributed by atoms with Crippen LogP contribution < -0.4 is 5.73 Å². The summed E-state index contributed by atoms with van der Waals surface area (Å²) >= 11 is 12.4. The van der Waals surface area contributed by atoms with Gasteiger partial charge >= 0.3 is 0 Å². The highest BCUT2D eigenvalue weighted by atomic mass is 35.5. The van der Waals surface area contributed by atoms with Crippen LogP contribution in [-0.2, 0) is 6.54 Å². The molecule has 0 unspecified atom stereocenters. The van der Waals surface area contributed by atoms with Gasteiger partial charge in [-0.3, -0.25) is 14.8 Å². The minimum atomic E-state index is -0.394. The van der Waals surface area contributed by atoms with Gasteiger partial charge in [-0.2, -0.15) is 5.10 Å². The zero-order chi connectivity index (χ0) is 27.6. The predicted molar refractivity (Wildman–Crippen MR) is 162 cm³/mol. The summed E-state index contributed by atoms with van der Waals surface area (Å²) in [5.74, 6) is 0.0673. The highest BCUT2D eigenvalue weighted by Crippen LogP contribution is 2.37. The summed E-state index contributed by atoms with van der Waals surface area (Å²) in [6, 6.07) is 30.4. The molecule has 1 aliphatic rings. The van der Waals surface area contributed by atoms with Crippen LogP contribution in [-0.4, -0.2) is 34.1 Å². The van der Waals surface area contributed by atoms with Crippen LogP contribution in [0.25, 0.3) is 10.9 Å². The first kappa shape index (κ1) is 26.6. The van der Waals surface area contributed by atoms with Crippen LogP contribution in [0, 0.1) is 0 Å². The zero-order valence-corrected chi connectivity index (χ0v) is 23.5. The van der Waals surface area contributed by atoms with E-state index in [1.807, 2.05) is 36.4 Å². The molecule has 1 fully saturated rings. The van der Waals surface area contributed by atoms with Crippen LogP contribution in [0.15, 0.2) is 91.0 Å². The predicted octanol–water partition coefficient (Wildman–Crippen LogP) is 7.53. The number of hydrogen-bond acceptors (Lipinski definition) is 3. The third-order valence-corrected chi connectivity index (χ3v) is 8.49. The second-order valence-corrected chi connectivity index (χ2v) is 11.4. The number of H-pyrrole nitrogens is 1. The maximum atomic E-state index is 11.4. The summed E-state index contributed by atoms with van der Waals surface area (Å²) in [6.45, 7) is 2.87. The number of piperidine rings is 1. The number of aromatic amines is 1. The molecule has 6 rings (SSSR count). The van der Waals surface area contributed by atoms with E-state index in [0.717, 1.165) is 48.0 Å². The Bertz CT molecular complexity index is 1580.